The number of carbonyl (C=O) groups excluding carboxylic acids is 1. The van der Waals surface area contributed by atoms with Gasteiger partial charge in [0.05, 0.1) is 18.2 Å². The number of amides is 1. The molecule has 2 rings (SSSR count). The first-order valence-electron chi connectivity index (χ1n) is 7.26. The summed E-state index contributed by atoms with van der Waals surface area (Å²) in [5.74, 6) is -0.291. The molecule has 0 saturated carbocycles. The van der Waals surface area contributed by atoms with E-state index in [1.807, 2.05) is 13.1 Å². The number of nitrogens with zero attached hydrogens (tertiary/aromatic N) is 2. The van der Waals surface area contributed by atoms with Gasteiger partial charge in [0.15, 0.2) is 0 Å². The van der Waals surface area contributed by atoms with Crippen LogP contribution >= 0.6 is 0 Å². The lowest BCUT2D eigenvalue weighted by Gasteiger charge is -2.09. The zero-order chi connectivity index (χ0) is 16.9. The van der Waals surface area contributed by atoms with Crippen LogP contribution in [-0.4, -0.2) is 22.2 Å². The van der Waals surface area contributed by atoms with Gasteiger partial charge < -0.3 is 5.32 Å². The van der Waals surface area contributed by atoms with Crippen molar-refractivity contribution in [2.24, 2.45) is 0 Å². The fourth-order valence-electron chi connectivity index (χ4n) is 2.16. The summed E-state index contributed by atoms with van der Waals surface area (Å²) in [5.41, 5.74) is 0.676. The van der Waals surface area contributed by atoms with E-state index < -0.39 is 11.7 Å². The molecule has 0 aliphatic heterocycles. The largest absolute Gasteiger partial charge is 0.416 e. The van der Waals surface area contributed by atoms with Crippen molar-refractivity contribution in [1.82, 2.24) is 15.1 Å². The minimum atomic E-state index is -4.39. The molecule has 1 N–H and O–H groups in total. The summed E-state index contributed by atoms with van der Waals surface area (Å²) in [7, 11) is 0. The fourth-order valence-corrected chi connectivity index (χ4v) is 2.16. The highest BCUT2D eigenvalue weighted by Crippen LogP contribution is 2.29. The lowest BCUT2D eigenvalue weighted by Crippen LogP contribution is -2.27. The SMILES string of the molecule is Cc1cnn(CCCNC(=O)Cc2cccc(C(F)(F)F)c2)c1. The topological polar surface area (TPSA) is 46.9 Å². The number of alkyl halides is 3. The van der Waals surface area contributed by atoms with Crippen molar-refractivity contribution >= 4 is 5.91 Å². The Morgan fingerprint density at radius 1 is 1.35 bits per heavy atom. The van der Waals surface area contributed by atoms with E-state index in [-0.39, 0.29) is 12.3 Å². The molecule has 1 amide bonds. The number of halogens is 3. The lowest BCUT2D eigenvalue weighted by atomic mass is 10.1. The first-order chi connectivity index (χ1) is 10.8. The molecule has 0 aliphatic carbocycles. The molecular weight excluding hydrogens is 307 g/mol. The minimum Gasteiger partial charge on any atom is -0.356 e. The van der Waals surface area contributed by atoms with Crippen LogP contribution in [0.1, 0.15) is 23.1 Å². The number of aryl methyl sites for hydroxylation is 2. The molecule has 0 atom stereocenters. The summed E-state index contributed by atoms with van der Waals surface area (Å²) in [4.78, 5) is 11.8. The summed E-state index contributed by atoms with van der Waals surface area (Å²) in [6, 6.07) is 4.83. The van der Waals surface area contributed by atoms with Gasteiger partial charge in [0.1, 0.15) is 0 Å². The quantitative estimate of drug-likeness (QED) is 0.830. The third-order valence-corrected chi connectivity index (χ3v) is 3.27. The monoisotopic (exact) mass is 325 g/mol. The number of hydrogen-bond acceptors (Lipinski definition) is 2. The second-order valence-electron chi connectivity index (χ2n) is 5.36. The smallest absolute Gasteiger partial charge is 0.356 e. The van der Waals surface area contributed by atoms with Gasteiger partial charge in [0.2, 0.25) is 5.91 Å². The van der Waals surface area contributed by atoms with E-state index in [0.29, 0.717) is 25.1 Å². The number of nitrogens with one attached hydrogen (secondary N) is 1. The molecular formula is C16H18F3N3O. The van der Waals surface area contributed by atoms with E-state index in [2.05, 4.69) is 10.4 Å². The van der Waals surface area contributed by atoms with Crippen molar-refractivity contribution in [2.75, 3.05) is 6.54 Å². The number of rotatable bonds is 6. The van der Waals surface area contributed by atoms with Gasteiger partial charge in [-0.05, 0) is 30.5 Å². The van der Waals surface area contributed by atoms with Crippen LogP contribution in [-0.2, 0) is 23.9 Å². The van der Waals surface area contributed by atoms with Gasteiger partial charge in [0, 0.05) is 19.3 Å². The van der Waals surface area contributed by atoms with E-state index in [1.165, 1.54) is 12.1 Å². The van der Waals surface area contributed by atoms with Gasteiger partial charge in [-0.15, -0.1) is 0 Å². The highest BCUT2D eigenvalue weighted by Gasteiger charge is 2.30. The zero-order valence-corrected chi connectivity index (χ0v) is 12.7. The molecule has 0 saturated heterocycles. The van der Waals surface area contributed by atoms with Gasteiger partial charge >= 0.3 is 6.18 Å². The van der Waals surface area contributed by atoms with Crippen molar-refractivity contribution in [1.29, 1.82) is 0 Å². The van der Waals surface area contributed by atoms with Crippen molar-refractivity contribution < 1.29 is 18.0 Å². The van der Waals surface area contributed by atoms with Crippen LogP contribution in [0.15, 0.2) is 36.7 Å². The third-order valence-electron chi connectivity index (χ3n) is 3.27. The molecule has 124 valence electrons. The Labute approximate surface area is 132 Å². The van der Waals surface area contributed by atoms with Crippen molar-refractivity contribution in [3.63, 3.8) is 0 Å². The Kier molecular flexibility index (Phi) is 5.41. The molecule has 0 bridgehead atoms. The highest BCUT2D eigenvalue weighted by molar-refractivity contribution is 5.78. The average molecular weight is 325 g/mol. The number of aromatic nitrogens is 2. The Morgan fingerprint density at radius 3 is 2.78 bits per heavy atom. The summed E-state index contributed by atoms with van der Waals surface area (Å²) in [6.45, 7) is 3.08. The maximum atomic E-state index is 12.6. The second kappa shape index (κ2) is 7.30. The zero-order valence-electron chi connectivity index (χ0n) is 12.7. The van der Waals surface area contributed by atoms with Crippen molar-refractivity contribution in [3.05, 3.63) is 53.3 Å². The van der Waals surface area contributed by atoms with Crippen LogP contribution in [0.2, 0.25) is 0 Å². The lowest BCUT2D eigenvalue weighted by molar-refractivity contribution is -0.137. The standard InChI is InChI=1S/C16H18F3N3O/c1-12-10-21-22(11-12)7-3-6-20-15(23)9-13-4-2-5-14(8-13)16(17,18)19/h2,4-5,8,10-11H,3,6-7,9H2,1H3,(H,20,23). The van der Waals surface area contributed by atoms with Gasteiger partial charge in [-0.2, -0.15) is 18.3 Å². The molecule has 23 heavy (non-hydrogen) atoms. The van der Waals surface area contributed by atoms with Crippen LogP contribution in [0.25, 0.3) is 0 Å². The first-order valence-corrected chi connectivity index (χ1v) is 7.26. The van der Waals surface area contributed by atoms with Crippen LogP contribution in [0.5, 0.6) is 0 Å². The Morgan fingerprint density at radius 2 is 2.13 bits per heavy atom. The maximum Gasteiger partial charge on any atom is 0.416 e. The van der Waals surface area contributed by atoms with Gasteiger partial charge in [-0.3, -0.25) is 9.48 Å². The molecule has 1 aromatic heterocycles. The van der Waals surface area contributed by atoms with Crippen LogP contribution in [0.4, 0.5) is 13.2 Å². The molecule has 2 aromatic rings. The van der Waals surface area contributed by atoms with Crippen molar-refractivity contribution in [2.45, 2.75) is 32.5 Å². The highest BCUT2D eigenvalue weighted by atomic mass is 19.4. The maximum absolute atomic E-state index is 12.6. The summed E-state index contributed by atoms with van der Waals surface area (Å²) in [5, 5.41) is 6.84. The average Bonchev–Trinajstić information content (AvgIpc) is 2.89. The van der Waals surface area contributed by atoms with E-state index in [0.717, 1.165) is 17.7 Å². The number of benzene rings is 1. The van der Waals surface area contributed by atoms with Gasteiger partial charge in [0.25, 0.3) is 0 Å². The van der Waals surface area contributed by atoms with Crippen molar-refractivity contribution in [3.8, 4) is 0 Å². The molecule has 0 unspecified atom stereocenters. The molecule has 0 radical (unpaired) electrons. The molecule has 0 aliphatic rings. The molecule has 4 nitrogen and oxygen atoms in total. The second-order valence-corrected chi connectivity index (χ2v) is 5.36. The molecule has 1 heterocycles. The van der Waals surface area contributed by atoms with E-state index in [9.17, 15) is 18.0 Å². The van der Waals surface area contributed by atoms with E-state index >= 15 is 0 Å². The predicted molar refractivity (Wildman–Crippen MR) is 79.7 cm³/mol. The molecule has 0 spiro atoms. The summed E-state index contributed by atoms with van der Waals surface area (Å²) in [6.07, 6.45) is -0.0920. The number of carbonyl (C=O) groups is 1. The minimum absolute atomic E-state index is 0.0647. The first kappa shape index (κ1) is 17.1. The summed E-state index contributed by atoms with van der Waals surface area (Å²) >= 11 is 0. The normalized spacial score (nSPS) is 11.5. The van der Waals surface area contributed by atoms with Crippen LogP contribution in [0, 0.1) is 6.92 Å². The Hall–Kier alpha value is -2.31. The van der Waals surface area contributed by atoms with Crippen LogP contribution < -0.4 is 5.32 Å². The fraction of sp³-hybridized carbons (Fsp3) is 0.375. The summed E-state index contributed by atoms with van der Waals surface area (Å²) < 4.78 is 39.6. The molecule has 1 aromatic carbocycles. The predicted octanol–water partition coefficient (Wildman–Crippen LogP) is 2.96. The van der Waals surface area contributed by atoms with Crippen LogP contribution in [0.3, 0.4) is 0 Å². The Bertz CT molecular complexity index is 665. The molecule has 7 heteroatoms. The number of hydrogen-bond donors (Lipinski definition) is 1. The van der Waals surface area contributed by atoms with Gasteiger partial charge in [-0.25, -0.2) is 0 Å². The third kappa shape index (κ3) is 5.43. The Balaban J connectivity index is 1.76. The van der Waals surface area contributed by atoms with E-state index in [4.69, 9.17) is 0 Å². The van der Waals surface area contributed by atoms with Gasteiger partial charge in [-0.1, -0.05) is 18.2 Å². The van der Waals surface area contributed by atoms with E-state index in [1.54, 1.807) is 10.9 Å². The molecule has 0 fully saturated rings.